The van der Waals surface area contributed by atoms with E-state index in [0.717, 1.165) is 44.3 Å². The van der Waals surface area contributed by atoms with Crippen LogP contribution in [0.1, 0.15) is 187 Å². The van der Waals surface area contributed by atoms with Crippen molar-refractivity contribution >= 4 is 5.97 Å². The first-order chi connectivity index (χ1) is 19.2. The number of rotatable bonds is 27. The van der Waals surface area contributed by atoms with Gasteiger partial charge in [0, 0.05) is 6.54 Å². The monoisotopic (exact) mass is 548 g/mol. The van der Waals surface area contributed by atoms with E-state index in [1.807, 2.05) is 0 Å². The van der Waals surface area contributed by atoms with Gasteiger partial charge in [-0.2, -0.15) is 0 Å². The number of carbonyl (C=O) groups excluding carboxylic acids is 1. The molecule has 0 aromatic rings. The number of nitrogens with zero attached hydrogens (tertiary/aromatic N) is 1. The molecule has 3 atom stereocenters. The maximum absolute atomic E-state index is 12.6. The first-order valence-electron chi connectivity index (χ1n) is 18.1. The van der Waals surface area contributed by atoms with Gasteiger partial charge in [0.15, 0.2) is 0 Å². The summed E-state index contributed by atoms with van der Waals surface area (Å²) in [4.78, 5) is 15.1. The second-order valence-electron chi connectivity index (χ2n) is 13.3. The molecule has 2 rings (SSSR count). The van der Waals surface area contributed by atoms with Gasteiger partial charge in [0.05, 0.1) is 6.42 Å². The molecular weight excluding hydrogens is 478 g/mol. The number of piperidine rings is 1. The van der Waals surface area contributed by atoms with Crippen molar-refractivity contribution < 1.29 is 9.53 Å². The molecule has 0 aromatic heterocycles. The molecule has 3 heteroatoms. The highest BCUT2D eigenvalue weighted by Crippen LogP contribution is 2.45. The number of ether oxygens (including phenoxy) is 1. The minimum atomic E-state index is 0.0495. The van der Waals surface area contributed by atoms with Crippen molar-refractivity contribution in [2.75, 3.05) is 19.6 Å². The van der Waals surface area contributed by atoms with Crippen LogP contribution in [0.4, 0.5) is 0 Å². The van der Waals surface area contributed by atoms with E-state index in [4.69, 9.17) is 4.74 Å². The van der Waals surface area contributed by atoms with E-state index in [-0.39, 0.29) is 12.1 Å². The topological polar surface area (TPSA) is 29.5 Å². The van der Waals surface area contributed by atoms with Crippen LogP contribution in [0.3, 0.4) is 0 Å². The lowest BCUT2D eigenvalue weighted by molar-refractivity contribution is -0.150. The summed E-state index contributed by atoms with van der Waals surface area (Å²) in [5.74, 6) is 2.19. The Labute approximate surface area is 245 Å². The van der Waals surface area contributed by atoms with Crippen LogP contribution < -0.4 is 0 Å². The van der Waals surface area contributed by atoms with E-state index in [0.29, 0.717) is 6.42 Å². The van der Waals surface area contributed by atoms with Gasteiger partial charge >= 0.3 is 5.97 Å². The van der Waals surface area contributed by atoms with Gasteiger partial charge in [-0.25, -0.2) is 0 Å². The molecule has 0 aromatic carbocycles. The molecule has 3 nitrogen and oxygen atoms in total. The Morgan fingerprint density at radius 3 is 1.62 bits per heavy atom. The van der Waals surface area contributed by atoms with Crippen molar-refractivity contribution in [2.45, 2.75) is 193 Å². The molecule has 1 saturated heterocycles. The smallest absolute Gasteiger partial charge is 0.307 e. The molecule has 1 saturated carbocycles. The van der Waals surface area contributed by atoms with Gasteiger partial charge in [-0.3, -0.25) is 4.79 Å². The minimum absolute atomic E-state index is 0.0495. The normalized spacial score (nSPS) is 20.3. The van der Waals surface area contributed by atoms with Crippen LogP contribution in [0.25, 0.3) is 0 Å². The van der Waals surface area contributed by atoms with E-state index in [9.17, 15) is 4.79 Å². The van der Waals surface area contributed by atoms with Crippen molar-refractivity contribution in [2.24, 2.45) is 11.8 Å². The first kappa shape index (κ1) is 34.6. The molecule has 1 aliphatic carbocycles. The molecule has 230 valence electrons. The second-order valence-corrected chi connectivity index (χ2v) is 13.3. The zero-order chi connectivity index (χ0) is 27.8. The average molecular weight is 548 g/mol. The Kier molecular flexibility index (Phi) is 21.4. The predicted molar refractivity (Wildman–Crippen MR) is 169 cm³/mol. The van der Waals surface area contributed by atoms with Crippen molar-refractivity contribution in [1.29, 1.82) is 0 Å². The zero-order valence-electron chi connectivity index (χ0n) is 26.7. The number of hydrogen-bond acceptors (Lipinski definition) is 3. The van der Waals surface area contributed by atoms with Crippen molar-refractivity contribution in [3.05, 3.63) is 0 Å². The van der Waals surface area contributed by atoms with Crippen LogP contribution in [-0.4, -0.2) is 36.6 Å². The van der Waals surface area contributed by atoms with E-state index < -0.39 is 0 Å². The fourth-order valence-corrected chi connectivity index (χ4v) is 6.78. The maximum atomic E-state index is 12.6. The lowest BCUT2D eigenvalue weighted by Gasteiger charge is -2.26. The predicted octanol–water partition coefficient (Wildman–Crippen LogP) is 11.0. The molecule has 0 unspecified atom stereocenters. The van der Waals surface area contributed by atoms with Gasteiger partial charge in [0.1, 0.15) is 6.10 Å². The number of unbranched alkanes of at least 4 members (excludes halogenated alkanes) is 15. The van der Waals surface area contributed by atoms with E-state index in [1.54, 1.807) is 0 Å². The van der Waals surface area contributed by atoms with Crippen molar-refractivity contribution in [3.8, 4) is 0 Å². The molecular formula is C36H69NO2. The zero-order valence-corrected chi connectivity index (χ0v) is 26.7. The molecule has 2 fully saturated rings. The van der Waals surface area contributed by atoms with Gasteiger partial charge in [0.25, 0.3) is 0 Å². The third-order valence-corrected chi connectivity index (χ3v) is 9.61. The lowest BCUT2D eigenvalue weighted by atomic mass is 10.0. The summed E-state index contributed by atoms with van der Waals surface area (Å²) < 4.78 is 6.06. The summed E-state index contributed by atoms with van der Waals surface area (Å²) in [6, 6.07) is 0. The summed E-state index contributed by atoms with van der Waals surface area (Å²) in [6.07, 6.45) is 36.0. The Balaban J connectivity index is 1.51. The van der Waals surface area contributed by atoms with Gasteiger partial charge in [-0.15, -0.1) is 0 Å². The molecule has 0 radical (unpaired) electrons. The second kappa shape index (κ2) is 24.1. The van der Waals surface area contributed by atoms with Crippen LogP contribution in [-0.2, 0) is 9.53 Å². The highest BCUT2D eigenvalue weighted by Gasteiger charge is 2.35. The minimum Gasteiger partial charge on any atom is -0.462 e. The highest BCUT2D eigenvalue weighted by atomic mass is 16.5. The molecule has 0 bridgehead atoms. The van der Waals surface area contributed by atoms with Crippen molar-refractivity contribution in [3.63, 3.8) is 0 Å². The quantitative estimate of drug-likeness (QED) is 0.0756. The van der Waals surface area contributed by atoms with Crippen LogP contribution in [0.15, 0.2) is 0 Å². The summed E-state index contributed by atoms with van der Waals surface area (Å²) >= 11 is 0. The fraction of sp³-hybridized carbons (Fsp3) is 0.972. The summed E-state index contributed by atoms with van der Waals surface area (Å²) in [6.45, 7) is 7.80. The van der Waals surface area contributed by atoms with Gasteiger partial charge in [-0.1, -0.05) is 136 Å². The molecule has 1 heterocycles. The molecule has 0 N–H and O–H groups in total. The third-order valence-electron chi connectivity index (χ3n) is 9.61. The molecule has 0 amide bonds. The van der Waals surface area contributed by atoms with E-state index in [1.165, 1.54) is 154 Å². The largest absolute Gasteiger partial charge is 0.462 e. The first-order valence-corrected chi connectivity index (χ1v) is 18.1. The Bertz CT molecular complexity index is 558. The van der Waals surface area contributed by atoms with Crippen molar-refractivity contribution in [1.82, 2.24) is 4.90 Å². The summed E-state index contributed by atoms with van der Waals surface area (Å²) in [5, 5.41) is 0. The highest BCUT2D eigenvalue weighted by molar-refractivity contribution is 5.69. The molecule has 39 heavy (non-hydrogen) atoms. The summed E-state index contributed by atoms with van der Waals surface area (Å²) in [5.41, 5.74) is 0. The van der Waals surface area contributed by atoms with Crippen LogP contribution in [0.5, 0.6) is 0 Å². The van der Waals surface area contributed by atoms with Gasteiger partial charge in [-0.05, 0) is 69.9 Å². The Morgan fingerprint density at radius 1 is 0.641 bits per heavy atom. The van der Waals surface area contributed by atoms with Crippen LogP contribution >= 0.6 is 0 Å². The fourth-order valence-electron chi connectivity index (χ4n) is 6.78. The number of likely N-dealkylation sites (tertiary alicyclic amines) is 1. The lowest BCUT2D eigenvalue weighted by Crippen LogP contribution is -2.32. The van der Waals surface area contributed by atoms with E-state index >= 15 is 0 Å². The van der Waals surface area contributed by atoms with Gasteiger partial charge < -0.3 is 9.64 Å². The molecule has 1 aliphatic heterocycles. The maximum Gasteiger partial charge on any atom is 0.307 e. The van der Waals surface area contributed by atoms with Gasteiger partial charge in [0.2, 0.25) is 0 Å². The van der Waals surface area contributed by atoms with Crippen LogP contribution in [0, 0.1) is 11.8 Å². The number of esters is 1. The van der Waals surface area contributed by atoms with E-state index in [2.05, 4.69) is 18.7 Å². The summed E-state index contributed by atoms with van der Waals surface area (Å²) in [7, 11) is 0. The number of hydrogen-bond donors (Lipinski definition) is 0. The average Bonchev–Trinajstić information content (AvgIpc) is 3.71. The molecule has 0 spiro atoms. The Hall–Kier alpha value is -0.570. The Morgan fingerprint density at radius 2 is 1.10 bits per heavy atom. The molecule has 2 aliphatic rings. The van der Waals surface area contributed by atoms with Crippen LogP contribution in [0.2, 0.25) is 0 Å². The SMILES string of the molecule is CCCCCCCCC[C@H](CCCCCCC[C@@H]1C[C@H]1CCCCCCCC)OC(=O)CCN1CCCCC1. The number of carbonyl (C=O) groups is 1. The standard InChI is InChI=1S/C36H69NO2/c1-3-5-7-9-11-15-20-26-35(39-36(38)28-31-37-29-22-17-23-30-37)27-21-16-12-14-19-25-34-32-33(34)24-18-13-10-8-6-4-2/h33-35H,3-32H2,1-2H3/t33-,34-,35-/m1/s1. The third kappa shape index (κ3) is 19.2.